The highest BCUT2D eigenvalue weighted by Gasteiger charge is 2.17. The predicted octanol–water partition coefficient (Wildman–Crippen LogP) is 2.93. The number of nitrogens with zero attached hydrogens (tertiary/aromatic N) is 5. The van der Waals surface area contributed by atoms with Crippen molar-refractivity contribution in [1.29, 1.82) is 0 Å². The minimum atomic E-state index is -0.570. The van der Waals surface area contributed by atoms with E-state index >= 15 is 0 Å². The molecule has 0 unspecified atom stereocenters. The van der Waals surface area contributed by atoms with Gasteiger partial charge in [-0.15, -0.1) is 0 Å². The van der Waals surface area contributed by atoms with E-state index in [1.165, 1.54) is 12.1 Å². The van der Waals surface area contributed by atoms with Gasteiger partial charge in [0.2, 0.25) is 5.69 Å². The molecule has 1 aromatic heterocycles. The average molecular weight is 406 g/mol. The third-order valence-electron chi connectivity index (χ3n) is 5.35. The second kappa shape index (κ2) is 8.53. The molecule has 3 aromatic rings. The smallest absolute Gasteiger partial charge is 0.222 e. The molecule has 2 heterocycles. The molecule has 1 aliphatic heterocycles. The molecule has 4 rings (SSSR count). The topological polar surface area (TPSA) is 74.9 Å². The lowest BCUT2D eigenvalue weighted by molar-refractivity contribution is 0.189. The number of nitrogens with two attached hydrogens (primary N) is 1. The summed E-state index contributed by atoms with van der Waals surface area (Å²) >= 11 is 0. The number of hydrogen-bond acceptors (Lipinski definition) is 5. The molecule has 154 valence electrons. The standard InChI is InChI=1S/C22H23FN6O/c1-25-20-7-2-16(14-19(20)23)21-15-22(24)29(26-21)18-5-3-17(4-6-18)28-10-8-27(9-11-28)12-13-30/h2-7,14-15,30H,8-13,24H2. The highest BCUT2D eigenvalue weighted by atomic mass is 19.1. The first kappa shape index (κ1) is 19.9. The number of benzene rings is 2. The molecule has 1 saturated heterocycles. The van der Waals surface area contributed by atoms with E-state index in [1.54, 1.807) is 16.8 Å². The number of aliphatic hydroxyl groups is 1. The molecule has 0 saturated carbocycles. The van der Waals surface area contributed by atoms with Crippen LogP contribution in [0.3, 0.4) is 0 Å². The van der Waals surface area contributed by atoms with Crippen LogP contribution in [0.4, 0.5) is 21.6 Å². The second-order valence-corrected chi connectivity index (χ2v) is 7.21. The first-order valence-electron chi connectivity index (χ1n) is 9.80. The molecule has 3 N–H and O–H groups in total. The maximum atomic E-state index is 14.0. The van der Waals surface area contributed by atoms with Crippen molar-refractivity contribution in [3.63, 3.8) is 0 Å². The van der Waals surface area contributed by atoms with Crippen LogP contribution >= 0.6 is 0 Å². The lowest BCUT2D eigenvalue weighted by Crippen LogP contribution is -2.47. The number of aromatic nitrogens is 2. The molecule has 0 spiro atoms. The number of halogens is 1. The third kappa shape index (κ3) is 3.99. The quantitative estimate of drug-likeness (QED) is 0.638. The summed E-state index contributed by atoms with van der Waals surface area (Å²) in [6.07, 6.45) is 0. The van der Waals surface area contributed by atoms with Crippen molar-refractivity contribution in [2.24, 2.45) is 0 Å². The number of β-amino-alcohol motifs (C(OH)–C–C–N with tert-alkyl or cyclic N) is 1. The van der Waals surface area contributed by atoms with E-state index < -0.39 is 5.82 Å². The normalized spacial score (nSPS) is 14.6. The van der Waals surface area contributed by atoms with Crippen molar-refractivity contribution in [3.05, 3.63) is 65.8 Å². The summed E-state index contributed by atoms with van der Waals surface area (Å²) in [7, 11) is 0. The molecule has 8 heteroatoms. The van der Waals surface area contributed by atoms with Crippen LogP contribution in [0.2, 0.25) is 0 Å². The largest absolute Gasteiger partial charge is 0.395 e. The van der Waals surface area contributed by atoms with Gasteiger partial charge in [-0.05, 0) is 30.3 Å². The van der Waals surface area contributed by atoms with E-state index in [9.17, 15) is 4.39 Å². The maximum Gasteiger partial charge on any atom is 0.222 e. The summed E-state index contributed by atoms with van der Waals surface area (Å²) in [6, 6.07) is 14.1. The summed E-state index contributed by atoms with van der Waals surface area (Å²) < 4.78 is 15.6. The molecule has 0 atom stereocenters. The zero-order valence-electron chi connectivity index (χ0n) is 16.5. The molecule has 1 fully saturated rings. The van der Waals surface area contributed by atoms with Gasteiger partial charge < -0.3 is 15.7 Å². The Kier molecular flexibility index (Phi) is 5.65. The molecule has 30 heavy (non-hydrogen) atoms. The van der Waals surface area contributed by atoms with Gasteiger partial charge in [0, 0.05) is 50.0 Å². The Morgan fingerprint density at radius 1 is 1.03 bits per heavy atom. The Hall–Kier alpha value is -3.41. The van der Waals surface area contributed by atoms with Crippen LogP contribution in [0.15, 0.2) is 48.5 Å². The van der Waals surface area contributed by atoms with Gasteiger partial charge in [-0.3, -0.25) is 4.90 Å². The molecule has 1 aliphatic rings. The lowest BCUT2D eigenvalue weighted by Gasteiger charge is -2.35. The predicted molar refractivity (Wildman–Crippen MR) is 115 cm³/mol. The fraction of sp³-hybridized carbons (Fsp3) is 0.273. The van der Waals surface area contributed by atoms with E-state index in [2.05, 4.69) is 19.7 Å². The van der Waals surface area contributed by atoms with Crippen molar-refractivity contribution in [3.8, 4) is 16.9 Å². The Morgan fingerprint density at radius 2 is 1.73 bits per heavy atom. The van der Waals surface area contributed by atoms with E-state index in [-0.39, 0.29) is 12.3 Å². The maximum absolute atomic E-state index is 14.0. The zero-order chi connectivity index (χ0) is 21.1. The van der Waals surface area contributed by atoms with Crippen molar-refractivity contribution >= 4 is 17.2 Å². The van der Waals surface area contributed by atoms with Crippen LogP contribution in [-0.2, 0) is 0 Å². The first-order valence-corrected chi connectivity index (χ1v) is 9.80. The Balaban J connectivity index is 1.51. The monoisotopic (exact) mass is 406 g/mol. The van der Waals surface area contributed by atoms with Crippen LogP contribution < -0.4 is 10.6 Å². The van der Waals surface area contributed by atoms with Crippen molar-refractivity contribution in [1.82, 2.24) is 14.7 Å². The number of aliphatic hydroxyl groups excluding tert-OH is 1. The van der Waals surface area contributed by atoms with Crippen molar-refractivity contribution in [2.45, 2.75) is 0 Å². The Bertz CT molecular complexity index is 1060. The van der Waals surface area contributed by atoms with E-state index in [4.69, 9.17) is 17.4 Å². The van der Waals surface area contributed by atoms with Gasteiger partial charge in [0.05, 0.1) is 24.6 Å². The minimum Gasteiger partial charge on any atom is -0.395 e. The highest BCUT2D eigenvalue weighted by molar-refractivity contribution is 5.67. The summed E-state index contributed by atoms with van der Waals surface area (Å²) in [5, 5.41) is 13.6. The highest BCUT2D eigenvalue weighted by Crippen LogP contribution is 2.28. The van der Waals surface area contributed by atoms with Gasteiger partial charge in [-0.1, -0.05) is 12.1 Å². The van der Waals surface area contributed by atoms with Crippen LogP contribution in [0.25, 0.3) is 21.8 Å². The van der Waals surface area contributed by atoms with Crippen LogP contribution in [0, 0.1) is 12.4 Å². The van der Waals surface area contributed by atoms with Crippen LogP contribution in [0.1, 0.15) is 0 Å². The van der Waals surface area contributed by atoms with Crippen LogP contribution in [0.5, 0.6) is 0 Å². The molecular weight excluding hydrogens is 383 g/mol. The third-order valence-corrected chi connectivity index (χ3v) is 5.35. The summed E-state index contributed by atoms with van der Waals surface area (Å²) in [4.78, 5) is 7.71. The van der Waals surface area contributed by atoms with E-state index in [0.717, 1.165) is 44.1 Å². The number of nitrogen functional groups attached to an aromatic ring is 1. The average Bonchev–Trinajstić information content (AvgIpc) is 3.16. The molecule has 7 nitrogen and oxygen atoms in total. The number of anilines is 2. The van der Waals surface area contributed by atoms with Crippen molar-refractivity contribution in [2.75, 3.05) is 50.0 Å². The number of hydrogen-bond donors (Lipinski definition) is 2. The zero-order valence-corrected chi connectivity index (χ0v) is 16.5. The van der Waals surface area contributed by atoms with Crippen LogP contribution in [-0.4, -0.2) is 59.1 Å². The summed E-state index contributed by atoms with van der Waals surface area (Å²) in [6.45, 7) is 11.6. The van der Waals surface area contributed by atoms with E-state index in [0.29, 0.717) is 17.1 Å². The molecule has 0 bridgehead atoms. The van der Waals surface area contributed by atoms with Gasteiger partial charge >= 0.3 is 0 Å². The summed E-state index contributed by atoms with van der Waals surface area (Å²) in [5.41, 5.74) is 9.21. The summed E-state index contributed by atoms with van der Waals surface area (Å²) in [5.74, 6) is -0.121. The molecule has 2 aromatic carbocycles. The van der Waals surface area contributed by atoms with Gasteiger partial charge in [0.25, 0.3) is 0 Å². The lowest BCUT2D eigenvalue weighted by atomic mass is 10.1. The van der Waals surface area contributed by atoms with Gasteiger partial charge in [-0.2, -0.15) is 5.10 Å². The number of piperazine rings is 1. The molecule has 0 amide bonds. The molecule has 0 aliphatic carbocycles. The van der Waals surface area contributed by atoms with Gasteiger partial charge in [0.1, 0.15) is 11.6 Å². The minimum absolute atomic E-state index is 0.0149. The van der Waals surface area contributed by atoms with Crippen molar-refractivity contribution < 1.29 is 9.50 Å². The number of rotatable bonds is 5. The molecule has 0 radical (unpaired) electrons. The SMILES string of the molecule is [C-]#[N+]c1ccc(-c2cc(N)n(-c3ccc(N4CCN(CCO)CC4)cc3)n2)cc1F. The van der Waals surface area contributed by atoms with Gasteiger partial charge in [0.15, 0.2) is 0 Å². The Labute approximate surface area is 174 Å². The fourth-order valence-corrected chi connectivity index (χ4v) is 3.68. The molecular formula is C22H23FN6O. The second-order valence-electron chi connectivity index (χ2n) is 7.21. The first-order chi connectivity index (χ1) is 14.6. The Morgan fingerprint density at radius 3 is 2.37 bits per heavy atom. The van der Waals surface area contributed by atoms with Gasteiger partial charge in [-0.25, -0.2) is 13.9 Å². The van der Waals surface area contributed by atoms with E-state index in [1.807, 2.05) is 24.3 Å². The fourth-order valence-electron chi connectivity index (χ4n) is 3.68.